The summed E-state index contributed by atoms with van der Waals surface area (Å²) in [7, 11) is 1.34. The van der Waals surface area contributed by atoms with Crippen LogP contribution in [0.3, 0.4) is 0 Å². The number of imide groups is 1. The van der Waals surface area contributed by atoms with Crippen LogP contribution in [-0.4, -0.2) is 20.2 Å². The predicted octanol–water partition coefficient (Wildman–Crippen LogP) is 1.04. The molecule has 0 fully saturated rings. The van der Waals surface area contributed by atoms with Crippen LogP contribution < -0.4 is 4.90 Å². The maximum absolute atomic E-state index is 11.3. The summed E-state index contributed by atoms with van der Waals surface area (Å²) in [5.74, 6) is -0.923. The van der Waals surface area contributed by atoms with E-state index in [9.17, 15) is 18.0 Å². The van der Waals surface area contributed by atoms with Crippen molar-refractivity contribution in [1.29, 1.82) is 0 Å². The number of amides is 2. The van der Waals surface area contributed by atoms with Crippen LogP contribution >= 0.6 is 10.7 Å². The van der Waals surface area contributed by atoms with E-state index in [1.807, 2.05) is 0 Å². The third-order valence-electron chi connectivity index (χ3n) is 2.19. The molecule has 7 heteroatoms. The van der Waals surface area contributed by atoms with Crippen molar-refractivity contribution in [3.63, 3.8) is 0 Å². The minimum Gasteiger partial charge on any atom is -0.269 e. The van der Waals surface area contributed by atoms with E-state index in [1.165, 1.54) is 24.3 Å². The van der Waals surface area contributed by atoms with Gasteiger partial charge < -0.3 is 0 Å². The molecule has 17 heavy (non-hydrogen) atoms. The van der Waals surface area contributed by atoms with Crippen LogP contribution in [0.15, 0.2) is 41.3 Å². The van der Waals surface area contributed by atoms with Crippen LogP contribution in [0.1, 0.15) is 0 Å². The summed E-state index contributed by atoms with van der Waals surface area (Å²) in [6, 6.07) is 5.16. The van der Waals surface area contributed by atoms with Crippen molar-refractivity contribution in [2.75, 3.05) is 4.90 Å². The Hall–Kier alpha value is -1.66. The van der Waals surface area contributed by atoms with Gasteiger partial charge in [-0.3, -0.25) is 9.59 Å². The number of nitrogens with zero attached hydrogens (tertiary/aromatic N) is 1. The fraction of sp³-hybridized carbons (Fsp3) is 0. The summed E-state index contributed by atoms with van der Waals surface area (Å²) in [5, 5.41) is 0. The molecule has 0 spiro atoms. The van der Waals surface area contributed by atoms with Crippen molar-refractivity contribution in [3.8, 4) is 0 Å². The predicted molar refractivity (Wildman–Crippen MR) is 61.1 cm³/mol. The molecule has 1 aromatic rings. The van der Waals surface area contributed by atoms with Gasteiger partial charge in [-0.2, -0.15) is 0 Å². The van der Waals surface area contributed by atoms with Crippen molar-refractivity contribution in [2.24, 2.45) is 0 Å². The SMILES string of the molecule is O=C1C=CC(=O)N1c1ccc(S(=O)(=O)Cl)cc1. The molecule has 1 heterocycles. The first kappa shape index (κ1) is 11.8. The number of carbonyl (C=O) groups excluding carboxylic acids is 2. The van der Waals surface area contributed by atoms with Crippen LogP contribution in [0.5, 0.6) is 0 Å². The minimum absolute atomic E-state index is 0.0880. The lowest BCUT2D eigenvalue weighted by Gasteiger charge is -2.13. The Morgan fingerprint density at radius 1 is 0.941 bits per heavy atom. The van der Waals surface area contributed by atoms with E-state index < -0.39 is 20.9 Å². The van der Waals surface area contributed by atoms with E-state index in [4.69, 9.17) is 10.7 Å². The third kappa shape index (κ3) is 2.22. The number of hydrogen-bond acceptors (Lipinski definition) is 4. The van der Waals surface area contributed by atoms with Crippen LogP contribution in [0.4, 0.5) is 5.69 Å². The number of anilines is 1. The average Bonchev–Trinajstić information content (AvgIpc) is 2.58. The largest absolute Gasteiger partial charge is 0.269 e. The highest BCUT2D eigenvalue weighted by Gasteiger charge is 2.25. The number of benzene rings is 1. The first-order chi connectivity index (χ1) is 7.89. The Bertz CT molecular complexity index is 600. The molecular weight excluding hydrogens is 266 g/mol. The second-order valence-electron chi connectivity index (χ2n) is 3.28. The molecule has 1 aliphatic heterocycles. The van der Waals surface area contributed by atoms with E-state index in [-0.39, 0.29) is 4.90 Å². The second kappa shape index (κ2) is 3.97. The van der Waals surface area contributed by atoms with E-state index in [0.29, 0.717) is 5.69 Å². The van der Waals surface area contributed by atoms with Crippen molar-refractivity contribution in [1.82, 2.24) is 0 Å². The summed E-state index contributed by atoms with van der Waals surface area (Å²) in [5.41, 5.74) is 0.300. The number of hydrogen-bond donors (Lipinski definition) is 0. The van der Waals surface area contributed by atoms with Gasteiger partial charge in [-0.15, -0.1) is 0 Å². The minimum atomic E-state index is -3.80. The summed E-state index contributed by atoms with van der Waals surface area (Å²) in [4.78, 5) is 23.5. The van der Waals surface area contributed by atoms with Gasteiger partial charge in [-0.25, -0.2) is 13.3 Å². The molecular formula is C10H6ClNO4S. The second-order valence-corrected chi connectivity index (χ2v) is 5.84. The van der Waals surface area contributed by atoms with Crippen molar-refractivity contribution in [2.45, 2.75) is 4.90 Å². The zero-order valence-corrected chi connectivity index (χ0v) is 9.90. The lowest BCUT2D eigenvalue weighted by molar-refractivity contribution is -0.119. The zero-order valence-electron chi connectivity index (χ0n) is 8.33. The maximum Gasteiger partial charge on any atom is 0.261 e. The molecule has 0 saturated carbocycles. The number of carbonyl (C=O) groups is 2. The molecule has 2 rings (SSSR count). The monoisotopic (exact) mass is 271 g/mol. The van der Waals surface area contributed by atoms with Gasteiger partial charge in [0.15, 0.2) is 0 Å². The lowest BCUT2D eigenvalue weighted by Crippen LogP contribution is -2.29. The highest BCUT2D eigenvalue weighted by molar-refractivity contribution is 8.13. The lowest BCUT2D eigenvalue weighted by atomic mass is 10.3. The first-order valence-electron chi connectivity index (χ1n) is 4.50. The molecule has 0 radical (unpaired) electrons. The Balaban J connectivity index is 2.37. The van der Waals surface area contributed by atoms with Gasteiger partial charge in [0.05, 0.1) is 10.6 Å². The van der Waals surface area contributed by atoms with Crippen molar-refractivity contribution >= 4 is 37.2 Å². The molecule has 0 aliphatic carbocycles. The quantitative estimate of drug-likeness (QED) is 0.595. The summed E-state index contributed by atoms with van der Waals surface area (Å²) < 4.78 is 22.0. The van der Waals surface area contributed by atoms with Crippen LogP contribution in [-0.2, 0) is 18.6 Å². The Morgan fingerprint density at radius 2 is 1.41 bits per heavy atom. The van der Waals surface area contributed by atoms with Gasteiger partial charge in [0.25, 0.3) is 20.9 Å². The Labute approximate surface area is 102 Å². The van der Waals surface area contributed by atoms with E-state index in [0.717, 1.165) is 17.1 Å². The molecule has 0 unspecified atom stereocenters. The smallest absolute Gasteiger partial charge is 0.261 e. The number of halogens is 1. The van der Waals surface area contributed by atoms with Crippen molar-refractivity contribution in [3.05, 3.63) is 36.4 Å². The molecule has 2 amide bonds. The average molecular weight is 272 g/mol. The number of rotatable bonds is 2. The summed E-state index contributed by atoms with van der Waals surface area (Å²) in [6.45, 7) is 0. The van der Waals surface area contributed by atoms with Crippen LogP contribution in [0.25, 0.3) is 0 Å². The van der Waals surface area contributed by atoms with E-state index >= 15 is 0 Å². The van der Waals surface area contributed by atoms with Crippen LogP contribution in [0, 0.1) is 0 Å². The Kier molecular flexibility index (Phi) is 2.76. The van der Waals surface area contributed by atoms with E-state index in [2.05, 4.69) is 0 Å². The molecule has 0 saturated heterocycles. The standard InChI is InChI=1S/C10H6ClNO4S/c11-17(15,16)8-3-1-7(2-4-8)12-9(13)5-6-10(12)14/h1-6H. The first-order valence-corrected chi connectivity index (χ1v) is 6.81. The summed E-state index contributed by atoms with van der Waals surface area (Å²) >= 11 is 0. The highest BCUT2D eigenvalue weighted by atomic mass is 35.7. The topological polar surface area (TPSA) is 71.5 Å². The van der Waals surface area contributed by atoms with Gasteiger partial charge >= 0.3 is 0 Å². The molecule has 0 aromatic heterocycles. The molecule has 1 aromatic carbocycles. The van der Waals surface area contributed by atoms with Gasteiger partial charge in [-0.1, -0.05) is 0 Å². The molecule has 0 N–H and O–H groups in total. The molecule has 1 aliphatic rings. The van der Waals surface area contributed by atoms with Crippen LogP contribution in [0.2, 0.25) is 0 Å². The fourth-order valence-electron chi connectivity index (χ4n) is 1.41. The Morgan fingerprint density at radius 3 is 1.82 bits per heavy atom. The molecule has 5 nitrogen and oxygen atoms in total. The van der Waals surface area contributed by atoms with Gasteiger partial charge in [0.1, 0.15) is 0 Å². The van der Waals surface area contributed by atoms with Gasteiger partial charge in [0, 0.05) is 22.8 Å². The molecule has 0 atom stereocenters. The van der Waals surface area contributed by atoms with Crippen molar-refractivity contribution < 1.29 is 18.0 Å². The molecule has 88 valence electrons. The fourth-order valence-corrected chi connectivity index (χ4v) is 2.18. The normalized spacial score (nSPS) is 15.7. The van der Waals surface area contributed by atoms with Gasteiger partial charge in [-0.05, 0) is 24.3 Å². The molecule has 0 bridgehead atoms. The maximum atomic E-state index is 11.3. The zero-order chi connectivity index (χ0) is 12.6. The highest BCUT2D eigenvalue weighted by Crippen LogP contribution is 2.22. The summed E-state index contributed by atoms with van der Waals surface area (Å²) in [6.07, 6.45) is 2.29. The third-order valence-corrected chi connectivity index (χ3v) is 3.56. The van der Waals surface area contributed by atoms with E-state index in [1.54, 1.807) is 0 Å². The van der Waals surface area contributed by atoms with Gasteiger partial charge in [0.2, 0.25) is 0 Å².